The summed E-state index contributed by atoms with van der Waals surface area (Å²) in [5, 5.41) is 3.85. The Morgan fingerprint density at radius 1 is 1.17 bits per heavy atom. The second-order valence-corrected chi connectivity index (χ2v) is 6.09. The topological polar surface area (TPSA) is 48.5 Å². The van der Waals surface area contributed by atoms with E-state index in [1.54, 1.807) is 35.5 Å². The van der Waals surface area contributed by atoms with Crippen molar-refractivity contribution in [3.8, 4) is 0 Å². The third kappa shape index (κ3) is 4.52. The van der Waals surface area contributed by atoms with E-state index in [4.69, 9.17) is 23.2 Å². The van der Waals surface area contributed by atoms with Gasteiger partial charge in [0.15, 0.2) is 0 Å². The first-order valence-corrected chi connectivity index (χ1v) is 8.37. The summed E-state index contributed by atoms with van der Waals surface area (Å²) in [5.41, 5.74) is 1.39. The number of allylic oxidation sites excluding steroid dienone is 3. The van der Waals surface area contributed by atoms with Crippen molar-refractivity contribution in [2.24, 2.45) is 0 Å². The molecule has 0 spiro atoms. The number of rotatable bonds is 4. The van der Waals surface area contributed by atoms with Crippen molar-refractivity contribution in [3.05, 3.63) is 59.5 Å². The Hall–Kier alpha value is -1.98. The predicted molar refractivity (Wildman–Crippen MR) is 99.7 cm³/mol. The number of anilines is 1. The lowest BCUT2D eigenvalue weighted by atomic mass is 10.3. The van der Waals surface area contributed by atoms with E-state index in [2.05, 4.69) is 28.4 Å². The maximum absolute atomic E-state index is 12.4. The lowest BCUT2D eigenvalue weighted by Crippen LogP contribution is -2.41. The van der Waals surface area contributed by atoms with Crippen LogP contribution in [0.15, 0.2) is 49.5 Å². The zero-order valence-electron chi connectivity index (χ0n) is 13.3. The molecule has 0 atom stereocenters. The zero-order valence-corrected chi connectivity index (χ0v) is 14.9. The van der Waals surface area contributed by atoms with Gasteiger partial charge in [-0.1, -0.05) is 42.4 Å². The van der Waals surface area contributed by atoms with E-state index < -0.39 is 0 Å². The van der Waals surface area contributed by atoms with Crippen LogP contribution in [-0.2, 0) is 0 Å². The van der Waals surface area contributed by atoms with E-state index in [1.165, 1.54) is 0 Å². The van der Waals surface area contributed by atoms with Crippen LogP contribution in [0.4, 0.5) is 10.5 Å². The van der Waals surface area contributed by atoms with Gasteiger partial charge in [0, 0.05) is 44.3 Å². The summed E-state index contributed by atoms with van der Waals surface area (Å²) in [6, 6.07) is -0.156. The maximum Gasteiger partial charge on any atom is 0.321 e. The second kappa shape index (κ2) is 8.76. The Labute approximate surface area is 152 Å². The minimum absolute atomic E-state index is 0.156. The Morgan fingerprint density at radius 3 is 2.50 bits per heavy atom. The summed E-state index contributed by atoms with van der Waals surface area (Å²) in [6.45, 7) is 9.93. The van der Waals surface area contributed by atoms with Crippen LogP contribution < -0.4 is 10.2 Å². The van der Waals surface area contributed by atoms with Gasteiger partial charge in [-0.3, -0.25) is 4.98 Å². The third-order valence-corrected chi connectivity index (χ3v) is 4.25. The second-order valence-electron chi connectivity index (χ2n) is 5.27. The van der Waals surface area contributed by atoms with E-state index in [0.717, 1.165) is 18.7 Å². The number of nitrogens with zero attached hydrogens (tertiary/aromatic N) is 3. The van der Waals surface area contributed by atoms with Crippen molar-refractivity contribution in [1.82, 2.24) is 15.2 Å². The lowest BCUT2D eigenvalue weighted by molar-refractivity contribution is 0.204. The molecule has 1 aromatic rings. The Kier molecular flexibility index (Phi) is 6.70. The summed E-state index contributed by atoms with van der Waals surface area (Å²) < 4.78 is 0. The molecule has 24 heavy (non-hydrogen) atoms. The largest absolute Gasteiger partial charge is 0.367 e. The first-order chi connectivity index (χ1) is 11.6. The number of amides is 2. The van der Waals surface area contributed by atoms with E-state index in [0.29, 0.717) is 35.4 Å². The van der Waals surface area contributed by atoms with E-state index in [1.807, 2.05) is 0 Å². The average Bonchev–Trinajstić information content (AvgIpc) is 2.80. The fourth-order valence-corrected chi connectivity index (χ4v) is 3.14. The van der Waals surface area contributed by atoms with Crippen LogP contribution in [0, 0.1) is 0 Å². The monoisotopic (exact) mass is 366 g/mol. The van der Waals surface area contributed by atoms with E-state index in [9.17, 15) is 4.79 Å². The fraction of sp³-hybridized carbons (Fsp3) is 0.294. The molecule has 2 rings (SSSR count). The van der Waals surface area contributed by atoms with Gasteiger partial charge in [-0.15, -0.1) is 0 Å². The first kappa shape index (κ1) is 18.4. The normalized spacial score (nSPS) is 15.7. The zero-order chi connectivity index (χ0) is 17.5. The van der Waals surface area contributed by atoms with Crippen LogP contribution in [0.1, 0.15) is 6.42 Å². The van der Waals surface area contributed by atoms with E-state index in [-0.39, 0.29) is 6.03 Å². The molecular weight excluding hydrogens is 347 g/mol. The molecule has 1 aliphatic rings. The van der Waals surface area contributed by atoms with Gasteiger partial charge in [-0.2, -0.15) is 0 Å². The van der Waals surface area contributed by atoms with Crippen molar-refractivity contribution in [2.45, 2.75) is 6.42 Å². The van der Waals surface area contributed by atoms with Crippen molar-refractivity contribution in [2.75, 3.05) is 31.1 Å². The number of carbonyl (C=O) groups excluding carboxylic acids is 1. The number of aromatic nitrogens is 1. The standard InChI is InChI=1S/C17H20Cl2N4O/c1-3-6-13(4-2)21-17(24)23-8-5-7-22(9-10-23)16-14(18)11-20-12-15(16)19/h3-4,6,11-12H,1-2,5,7-10H2,(H,21,24)/b13-6+. The minimum Gasteiger partial charge on any atom is -0.367 e. The number of halogens is 2. The highest BCUT2D eigenvalue weighted by Gasteiger charge is 2.22. The molecular formula is C17H20Cl2N4O. The predicted octanol–water partition coefficient (Wildman–Crippen LogP) is 3.87. The van der Waals surface area contributed by atoms with Crippen molar-refractivity contribution in [1.29, 1.82) is 0 Å². The quantitative estimate of drug-likeness (QED) is 0.822. The van der Waals surface area contributed by atoms with Crippen LogP contribution in [0.5, 0.6) is 0 Å². The van der Waals surface area contributed by atoms with Gasteiger partial charge in [-0.05, 0) is 18.6 Å². The van der Waals surface area contributed by atoms with Gasteiger partial charge in [0.2, 0.25) is 0 Å². The minimum atomic E-state index is -0.156. The van der Waals surface area contributed by atoms with Gasteiger partial charge in [0.25, 0.3) is 0 Å². The molecule has 1 aliphatic heterocycles. The van der Waals surface area contributed by atoms with Crippen LogP contribution in [0.25, 0.3) is 0 Å². The molecule has 0 aromatic carbocycles. The highest BCUT2D eigenvalue weighted by molar-refractivity contribution is 6.38. The summed E-state index contributed by atoms with van der Waals surface area (Å²) in [6.07, 6.45) is 8.86. The highest BCUT2D eigenvalue weighted by Crippen LogP contribution is 2.33. The molecule has 1 N–H and O–H groups in total. The molecule has 0 unspecified atom stereocenters. The summed E-state index contributed by atoms with van der Waals surface area (Å²) >= 11 is 12.5. The fourth-order valence-electron chi connectivity index (χ4n) is 2.54. The molecule has 1 fully saturated rings. The van der Waals surface area contributed by atoms with Crippen LogP contribution in [0.3, 0.4) is 0 Å². The van der Waals surface area contributed by atoms with Crippen LogP contribution in [-0.4, -0.2) is 42.1 Å². The number of carbonyl (C=O) groups is 1. The number of pyridine rings is 1. The SMILES string of the molecule is C=C/C=C(\C=C)NC(=O)N1CCCN(c2c(Cl)cncc2Cl)CC1. The molecule has 2 heterocycles. The number of urea groups is 1. The molecule has 2 amide bonds. The Morgan fingerprint density at radius 2 is 1.88 bits per heavy atom. The van der Waals surface area contributed by atoms with Crippen molar-refractivity contribution >= 4 is 34.9 Å². The lowest BCUT2D eigenvalue weighted by Gasteiger charge is -2.25. The molecule has 1 saturated heterocycles. The summed E-state index contributed by atoms with van der Waals surface area (Å²) in [5.74, 6) is 0. The maximum atomic E-state index is 12.4. The Balaban J connectivity index is 2.05. The number of hydrogen-bond acceptors (Lipinski definition) is 3. The number of nitrogens with one attached hydrogen (secondary N) is 1. The Bertz CT molecular complexity index is 640. The smallest absolute Gasteiger partial charge is 0.321 e. The third-order valence-electron chi connectivity index (χ3n) is 3.70. The number of hydrogen-bond donors (Lipinski definition) is 1. The molecule has 128 valence electrons. The molecule has 0 saturated carbocycles. The van der Waals surface area contributed by atoms with Gasteiger partial charge < -0.3 is 15.1 Å². The van der Waals surface area contributed by atoms with Crippen molar-refractivity contribution in [3.63, 3.8) is 0 Å². The summed E-state index contributed by atoms with van der Waals surface area (Å²) in [7, 11) is 0. The van der Waals surface area contributed by atoms with Gasteiger partial charge in [-0.25, -0.2) is 4.79 Å². The van der Waals surface area contributed by atoms with Gasteiger partial charge in [0.1, 0.15) is 0 Å². The van der Waals surface area contributed by atoms with Gasteiger partial charge in [0.05, 0.1) is 15.7 Å². The van der Waals surface area contributed by atoms with Crippen LogP contribution in [0.2, 0.25) is 10.0 Å². The first-order valence-electron chi connectivity index (χ1n) is 7.62. The molecule has 1 aromatic heterocycles. The highest BCUT2D eigenvalue weighted by atomic mass is 35.5. The van der Waals surface area contributed by atoms with Gasteiger partial charge >= 0.3 is 6.03 Å². The van der Waals surface area contributed by atoms with Crippen molar-refractivity contribution < 1.29 is 4.79 Å². The molecule has 5 nitrogen and oxygen atoms in total. The van der Waals surface area contributed by atoms with Crippen LogP contribution >= 0.6 is 23.2 Å². The molecule has 7 heteroatoms. The van der Waals surface area contributed by atoms with E-state index >= 15 is 0 Å². The molecule has 0 aliphatic carbocycles. The molecule has 0 radical (unpaired) electrons. The average molecular weight is 367 g/mol. The molecule has 0 bridgehead atoms. The summed E-state index contributed by atoms with van der Waals surface area (Å²) in [4.78, 5) is 20.2.